The molecule has 1 N–H and O–H groups in total. The van der Waals surface area contributed by atoms with E-state index in [9.17, 15) is 9.59 Å². The second kappa shape index (κ2) is 5.30. The van der Waals surface area contributed by atoms with Crippen LogP contribution in [-0.2, 0) is 0 Å². The number of aryl methyl sites for hydroxylation is 1. The highest BCUT2D eigenvalue weighted by Gasteiger charge is 2.25. The molecule has 0 radical (unpaired) electrons. The van der Waals surface area contributed by atoms with Crippen LogP contribution in [0.5, 0.6) is 5.75 Å². The third-order valence-corrected chi connectivity index (χ3v) is 2.99. The van der Waals surface area contributed by atoms with Gasteiger partial charge in [-0.3, -0.25) is 9.59 Å². The molecule has 0 spiro atoms. The van der Waals surface area contributed by atoms with E-state index < -0.39 is 10.9 Å². The Morgan fingerprint density at radius 3 is 2.53 bits per heavy atom. The molecule has 1 heterocycles. The fourth-order valence-electron chi connectivity index (χ4n) is 1.97. The third kappa shape index (κ3) is 2.41. The van der Waals surface area contributed by atoms with E-state index in [1.807, 2.05) is 26.0 Å². The van der Waals surface area contributed by atoms with Crippen LogP contribution in [0.3, 0.4) is 0 Å². The summed E-state index contributed by atoms with van der Waals surface area (Å²) < 4.78 is 10.7. The molecule has 0 amide bonds. The zero-order valence-corrected chi connectivity index (χ0v) is 11.3. The summed E-state index contributed by atoms with van der Waals surface area (Å²) in [5, 5.41) is 3.04. The van der Waals surface area contributed by atoms with Crippen LogP contribution in [0.1, 0.15) is 37.8 Å². The molecular weight excluding hydrogens is 246 g/mol. The maximum atomic E-state index is 11.6. The Hall–Kier alpha value is -2.04. The van der Waals surface area contributed by atoms with Crippen molar-refractivity contribution in [3.8, 4) is 5.75 Å². The minimum absolute atomic E-state index is 0.134. The quantitative estimate of drug-likeness (QED) is 0.809. The topological polar surface area (TPSA) is 68.5 Å². The van der Waals surface area contributed by atoms with E-state index in [4.69, 9.17) is 9.15 Å². The molecule has 2 rings (SSSR count). The number of ether oxygens (including phenoxy) is 1. The molecule has 0 saturated heterocycles. The molecule has 5 heteroatoms. The van der Waals surface area contributed by atoms with E-state index in [-0.39, 0.29) is 17.5 Å². The minimum atomic E-state index is -0.560. The highest BCUT2D eigenvalue weighted by molar-refractivity contribution is 5.62. The Morgan fingerprint density at radius 2 is 2.00 bits per heavy atom. The Morgan fingerprint density at radius 1 is 1.26 bits per heavy atom. The number of rotatable bonds is 6. The summed E-state index contributed by atoms with van der Waals surface area (Å²) in [5.74, 6) is 1.69. The normalized spacial score (nSPS) is 12.6. The van der Waals surface area contributed by atoms with E-state index in [0.717, 1.165) is 17.9 Å². The van der Waals surface area contributed by atoms with Crippen LogP contribution in [0.2, 0.25) is 0 Å². The number of hydrogen-bond donors (Lipinski definition) is 1. The molecule has 0 fully saturated rings. The summed E-state index contributed by atoms with van der Waals surface area (Å²) in [6, 6.07) is 3.59. The maximum absolute atomic E-state index is 11.6. The molecule has 0 aliphatic rings. The Bertz CT molecular complexity index is 634. The van der Waals surface area contributed by atoms with Gasteiger partial charge in [0.15, 0.2) is 5.75 Å². The van der Waals surface area contributed by atoms with Crippen molar-refractivity contribution in [3.63, 3.8) is 0 Å². The van der Waals surface area contributed by atoms with Gasteiger partial charge in [0, 0.05) is 0 Å². The lowest BCUT2D eigenvalue weighted by atomic mass is 10.1. The zero-order chi connectivity index (χ0) is 14.0. The second-order valence-corrected chi connectivity index (χ2v) is 4.35. The van der Waals surface area contributed by atoms with E-state index in [1.54, 1.807) is 6.92 Å². The summed E-state index contributed by atoms with van der Waals surface area (Å²) in [6.45, 7) is 5.96. The van der Waals surface area contributed by atoms with Crippen molar-refractivity contribution in [1.82, 2.24) is 0 Å². The lowest BCUT2D eigenvalue weighted by Crippen LogP contribution is -2.36. The van der Waals surface area contributed by atoms with Gasteiger partial charge in [0.05, 0.1) is 12.6 Å². The van der Waals surface area contributed by atoms with Crippen molar-refractivity contribution >= 4 is 5.69 Å². The van der Waals surface area contributed by atoms with Crippen LogP contribution < -0.4 is 20.9 Å². The first-order chi connectivity index (χ1) is 9.08. The lowest BCUT2D eigenvalue weighted by Gasteiger charge is -2.19. The standard InChI is InChI=1S/C14H17NO4/c1-4-9(10-7-6-8(3)19-10)15-11-12(16)13(17)14(11)18-5-2/h6-7,9,15H,4-5H2,1-3H3/t9-/m1/s1. The monoisotopic (exact) mass is 263 g/mol. The summed E-state index contributed by atoms with van der Waals surface area (Å²) in [4.78, 5) is 22.9. The highest BCUT2D eigenvalue weighted by Crippen LogP contribution is 2.27. The van der Waals surface area contributed by atoms with Crippen LogP contribution in [0.4, 0.5) is 5.69 Å². The van der Waals surface area contributed by atoms with Gasteiger partial charge in [-0.1, -0.05) is 6.92 Å². The van der Waals surface area contributed by atoms with E-state index in [0.29, 0.717) is 6.61 Å². The number of nitrogens with one attached hydrogen (secondary N) is 1. The summed E-state index contributed by atoms with van der Waals surface area (Å²) in [7, 11) is 0. The number of hydrogen-bond acceptors (Lipinski definition) is 5. The van der Waals surface area contributed by atoms with Crippen LogP contribution >= 0.6 is 0 Å². The van der Waals surface area contributed by atoms with Gasteiger partial charge < -0.3 is 14.5 Å². The summed E-state index contributed by atoms with van der Waals surface area (Å²) in [6.07, 6.45) is 0.733. The third-order valence-electron chi connectivity index (χ3n) is 2.99. The molecule has 0 unspecified atom stereocenters. The van der Waals surface area contributed by atoms with Gasteiger partial charge in [0.25, 0.3) is 10.9 Å². The van der Waals surface area contributed by atoms with Crippen molar-refractivity contribution in [2.24, 2.45) is 0 Å². The van der Waals surface area contributed by atoms with Crippen molar-refractivity contribution in [2.75, 3.05) is 11.9 Å². The Labute approximate surface area is 110 Å². The van der Waals surface area contributed by atoms with E-state index >= 15 is 0 Å². The second-order valence-electron chi connectivity index (χ2n) is 4.35. The molecule has 1 aromatic carbocycles. The molecule has 0 aliphatic carbocycles. The molecule has 19 heavy (non-hydrogen) atoms. The first-order valence-corrected chi connectivity index (χ1v) is 6.37. The molecular formula is C14H17NO4. The predicted octanol–water partition coefficient (Wildman–Crippen LogP) is 2.15. The van der Waals surface area contributed by atoms with Crippen molar-refractivity contribution < 1.29 is 9.15 Å². The Kier molecular flexibility index (Phi) is 3.74. The molecule has 1 atom stereocenters. The van der Waals surface area contributed by atoms with Crippen LogP contribution in [0, 0.1) is 6.92 Å². The first-order valence-electron chi connectivity index (χ1n) is 6.37. The van der Waals surface area contributed by atoms with Crippen molar-refractivity contribution in [3.05, 3.63) is 44.1 Å². The van der Waals surface area contributed by atoms with Gasteiger partial charge in [-0.15, -0.1) is 0 Å². The average molecular weight is 263 g/mol. The molecule has 0 saturated carbocycles. The lowest BCUT2D eigenvalue weighted by molar-refractivity contribution is 0.334. The molecule has 1 aromatic heterocycles. The van der Waals surface area contributed by atoms with Gasteiger partial charge in [-0.05, 0) is 32.4 Å². The van der Waals surface area contributed by atoms with E-state index in [1.165, 1.54) is 0 Å². The fraction of sp³-hybridized carbons (Fsp3) is 0.429. The van der Waals surface area contributed by atoms with Gasteiger partial charge in [-0.25, -0.2) is 0 Å². The SMILES string of the molecule is CCOc1c(N[C@H](CC)c2ccc(C)o2)c(=O)c1=O. The van der Waals surface area contributed by atoms with Gasteiger partial charge in [0.1, 0.15) is 17.2 Å². The zero-order valence-electron chi connectivity index (χ0n) is 11.3. The average Bonchev–Trinajstić information content (AvgIpc) is 2.84. The smallest absolute Gasteiger partial charge is 0.272 e. The van der Waals surface area contributed by atoms with Gasteiger partial charge in [-0.2, -0.15) is 0 Å². The molecule has 0 aliphatic heterocycles. The Balaban J connectivity index is 2.22. The number of anilines is 1. The molecule has 5 nitrogen and oxygen atoms in total. The predicted molar refractivity (Wildman–Crippen MR) is 72.6 cm³/mol. The molecule has 102 valence electrons. The minimum Gasteiger partial charge on any atom is -0.488 e. The molecule has 2 aromatic rings. The van der Waals surface area contributed by atoms with E-state index in [2.05, 4.69) is 5.32 Å². The van der Waals surface area contributed by atoms with Crippen LogP contribution in [0.15, 0.2) is 26.1 Å². The molecule has 0 bridgehead atoms. The highest BCUT2D eigenvalue weighted by atomic mass is 16.5. The first kappa shape index (κ1) is 13.4. The van der Waals surface area contributed by atoms with Gasteiger partial charge in [0.2, 0.25) is 0 Å². The van der Waals surface area contributed by atoms with Crippen molar-refractivity contribution in [2.45, 2.75) is 33.2 Å². The number of furan rings is 1. The fourth-order valence-corrected chi connectivity index (χ4v) is 1.97. The summed E-state index contributed by atoms with van der Waals surface area (Å²) >= 11 is 0. The van der Waals surface area contributed by atoms with Crippen LogP contribution in [-0.4, -0.2) is 6.61 Å². The summed E-state index contributed by atoms with van der Waals surface area (Å²) in [5.41, 5.74) is -0.826. The maximum Gasteiger partial charge on any atom is 0.272 e. The van der Waals surface area contributed by atoms with Gasteiger partial charge >= 0.3 is 0 Å². The van der Waals surface area contributed by atoms with Crippen molar-refractivity contribution in [1.29, 1.82) is 0 Å². The van der Waals surface area contributed by atoms with Crippen LogP contribution in [0.25, 0.3) is 0 Å². The largest absolute Gasteiger partial charge is 0.488 e.